The molecule has 8 amide bonds. The Balaban J connectivity index is -0.000000852. The van der Waals surface area contributed by atoms with E-state index in [1.807, 2.05) is 104 Å². The van der Waals surface area contributed by atoms with E-state index in [0.29, 0.717) is 37.9 Å². The van der Waals surface area contributed by atoms with Crippen LogP contribution in [-0.2, 0) is 38.4 Å². The van der Waals surface area contributed by atoms with Gasteiger partial charge in [0.1, 0.15) is 0 Å². The minimum atomic E-state index is -0.496. The maximum absolute atomic E-state index is 11.8. The number of amides is 8. The maximum atomic E-state index is 11.8. The van der Waals surface area contributed by atoms with Crippen molar-refractivity contribution < 1.29 is 38.4 Å². The Morgan fingerprint density at radius 2 is 0.677 bits per heavy atom. The van der Waals surface area contributed by atoms with E-state index in [2.05, 4.69) is 63.3 Å². The molecule has 0 aliphatic carbocycles. The van der Waals surface area contributed by atoms with Crippen molar-refractivity contribution in [3.63, 3.8) is 0 Å². The van der Waals surface area contributed by atoms with Crippen LogP contribution in [0.5, 0.6) is 0 Å². The SMILES string of the molecule is CCC(C)(C)C(=O)NCC(=O)NCC(=O)NC(C)(C)C.CCC(C)(C)C(=O)NCC(=O)NCC(=O)NCCCCC(C)(C)C.CCC(C)(C)C(=O)NCCCNC(=O)C(C)(C)C. The van der Waals surface area contributed by atoms with Crippen LogP contribution in [0, 0.1) is 27.1 Å². The molecule has 0 aromatic carbocycles. The molecule has 8 N–H and O–H groups in total. The fraction of sp³-hybridized carbons (Fsp3) is 0.826. The van der Waals surface area contributed by atoms with E-state index >= 15 is 0 Å². The molecule has 0 saturated carbocycles. The molecular weight excluding hydrogens is 793 g/mol. The van der Waals surface area contributed by atoms with Crippen molar-refractivity contribution in [3.8, 4) is 0 Å². The highest BCUT2D eigenvalue weighted by Gasteiger charge is 2.27. The highest BCUT2D eigenvalue weighted by Crippen LogP contribution is 2.22. The number of hydrogen-bond donors (Lipinski definition) is 8. The van der Waals surface area contributed by atoms with Gasteiger partial charge in [0.15, 0.2) is 0 Å². The third-order valence-electron chi connectivity index (χ3n) is 10.0. The van der Waals surface area contributed by atoms with Gasteiger partial charge in [-0.15, -0.1) is 0 Å². The molecule has 0 fully saturated rings. The van der Waals surface area contributed by atoms with Crippen LogP contribution in [0.3, 0.4) is 0 Å². The van der Waals surface area contributed by atoms with Crippen LogP contribution in [0.4, 0.5) is 0 Å². The lowest BCUT2D eigenvalue weighted by Crippen LogP contribution is -2.48. The Morgan fingerprint density at radius 1 is 0.355 bits per heavy atom. The second kappa shape index (κ2) is 29.2. The van der Waals surface area contributed by atoms with Gasteiger partial charge in [-0.05, 0) is 64.7 Å². The van der Waals surface area contributed by atoms with E-state index in [-0.39, 0.29) is 89.8 Å². The Bertz CT molecular complexity index is 1420. The fourth-order valence-electron chi connectivity index (χ4n) is 4.29. The average molecular weight is 883 g/mol. The van der Waals surface area contributed by atoms with Crippen molar-refractivity contribution in [2.45, 2.75) is 175 Å². The molecule has 62 heavy (non-hydrogen) atoms. The van der Waals surface area contributed by atoms with Crippen LogP contribution >= 0.6 is 0 Å². The number of carbonyl (C=O) groups excluding carboxylic acids is 8. The van der Waals surface area contributed by atoms with Gasteiger partial charge in [0.25, 0.3) is 0 Å². The summed E-state index contributed by atoms with van der Waals surface area (Å²) in [6.45, 7) is 36.2. The Hall–Kier alpha value is -4.24. The number of unbranched alkanes of at least 4 members (excludes halogenated alkanes) is 1. The first-order chi connectivity index (χ1) is 28.1. The zero-order valence-corrected chi connectivity index (χ0v) is 42.2. The number of hydrogen-bond acceptors (Lipinski definition) is 8. The average Bonchev–Trinajstić information content (AvgIpc) is 3.15. The highest BCUT2D eigenvalue weighted by atomic mass is 16.2. The van der Waals surface area contributed by atoms with Crippen molar-refractivity contribution in [2.24, 2.45) is 27.1 Å². The van der Waals surface area contributed by atoms with Gasteiger partial charge in [-0.3, -0.25) is 38.4 Å². The van der Waals surface area contributed by atoms with E-state index < -0.39 is 10.8 Å². The zero-order valence-electron chi connectivity index (χ0n) is 42.2. The maximum Gasteiger partial charge on any atom is 0.239 e. The van der Waals surface area contributed by atoms with Crippen LogP contribution in [0.15, 0.2) is 0 Å². The standard InChI is InChI=1S/C18H35N3O3.C14H27N3O3.C14H28N2O2/c1-7-18(5,6)16(24)21-13-15(23)20-12-14(22)19-11-9-8-10-17(2,3)4;1-7-14(5,6)12(20)16-8-10(18)15-9-11(19)17-13(2,3)4;1-7-14(5,6)12(18)16-10-8-9-15-11(17)13(2,3)4/h7-13H2,1-6H3,(H,19,22)(H,20,23)(H,21,24);7-9H2,1-6H3,(H,15,18)(H,16,20)(H,17,19);7-10H2,1-6H3,(H,15,17)(H,16,18). The predicted octanol–water partition coefficient (Wildman–Crippen LogP) is 4.65. The normalized spacial score (nSPS) is 11.8. The molecule has 0 aliphatic heterocycles. The molecule has 0 radical (unpaired) electrons. The lowest BCUT2D eigenvalue weighted by atomic mass is 9.89. The Labute approximate surface area is 375 Å². The molecule has 16 nitrogen and oxygen atoms in total. The van der Waals surface area contributed by atoms with Gasteiger partial charge in [0, 0.05) is 46.8 Å². The smallest absolute Gasteiger partial charge is 0.239 e. The van der Waals surface area contributed by atoms with Crippen LogP contribution < -0.4 is 42.5 Å². The molecule has 0 heterocycles. The Kier molecular flexibility index (Phi) is 29.2. The lowest BCUT2D eigenvalue weighted by Gasteiger charge is -2.22. The minimum Gasteiger partial charge on any atom is -0.356 e. The van der Waals surface area contributed by atoms with Crippen molar-refractivity contribution in [2.75, 3.05) is 45.8 Å². The van der Waals surface area contributed by atoms with Crippen LogP contribution in [0.25, 0.3) is 0 Å². The molecule has 0 spiro atoms. The van der Waals surface area contributed by atoms with E-state index in [1.165, 1.54) is 0 Å². The van der Waals surface area contributed by atoms with Crippen LogP contribution in [0.1, 0.15) is 170 Å². The van der Waals surface area contributed by atoms with Gasteiger partial charge in [-0.1, -0.05) is 110 Å². The molecule has 16 heteroatoms. The first-order valence-corrected chi connectivity index (χ1v) is 22.3. The quantitative estimate of drug-likeness (QED) is 0.0712. The monoisotopic (exact) mass is 883 g/mol. The third-order valence-corrected chi connectivity index (χ3v) is 10.0. The summed E-state index contributed by atoms with van der Waals surface area (Å²) >= 11 is 0. The molecular formula is C46H90N8O8. The van der Waals surface area contributed by atoms with Crippen LogP contribution in [0.2, 0.25) is 0 Å². The summed E-state index contributed by atoms with van der Waals surface area (Å²) in [5, 5.41) is 21.4. The van der Waals surface area contributed by atoms with Crippen LogP contribution in [-0.4, -0.2) is 98.6 Å². The van der Waals surface area contributed by atoms with Gasteiger partial charge in [0.05, 0.1) is 26.2 Å². The van der Waals surface area contributed by atoms with E-state index in [1.54, 1.807) is 0 Å². The predicted molar refractivity (Wildman–Crippen MR) is 249 cm³/mol. The van der Waals surface area contributed by atoms with E-state index in [0.717, 1.165) is 32.1 Å². The molecule has 0 aliphatic rings. The van der Waals surface area contributed by atoms with Crippen molar-refractivity contribution >= 4 is 47.3 Å². The lowest BCUT2D eigenvalue weighted by molar-refractivity contribution is -0.132. The van der Waals surface area contributed by atoms with E-state index in [4.69, 9.17) is 0 Å². The Morgan fingerprint density at radius 3 is 1.03 bits per heavy atom. The van der Waals surface area contributed by atoms with Gasteiger partial charge < -0.3 is 42.5 Å². The third kappa shape index (κ3) is 33.4. The molecule has 362 valence electrons. The molecule has 0 saturated heterocycles. The number of nitrogens with one attached hydrogen (secondary N) is 8. The van der Waals surface area contributed by atoms with Crippen molar-refractivity contribution in [1.29, 1.82) is 0 Å². The zero-order chi connectivity index (χ0) is 49.2. The molecule has 0 unspecified atom stereocenters. The van der Waals surface area contributed by atoms with Gasteiger partial charge in [-0.25, -0.2) is 0 Å². The number of carbonyl (C=O) groups is 8. The van der Waals surface area contributed by atoms with E-state index in [9.17, 15) is 38.4 Å². The topological polar surface area (TPSA) is 233 Å². The molecule has 0 aromatic rings. The van der Waals surface area contributed by atoms with Gasteiger partial charge in [-0.2, -0.15) is 0 Å². The van der Waals surface area contributed by atoms with Crippen molar-refractivity contribution in [1.82, 2.24) is 42.5 Å². The molecule has 0 atom stereocenters. The summed E-state index contributed by atoms with van der Waals surface area (Å²) in [4.78, 5) is 93.2. The summed E-state index contributed by atoms with van der Waals surface area (Å²) in [6.07, 6.45) is 6.07. The first kappa shape index (κ1) is 62.1. The summed E-state index contributed by atoms with van der Waals surface area (Å²) in [6, 6.07) is 0. The van der Waals surface area contributed by atoms with Gasteiger partial charge >= 0.3 is 0 Å². The number of rotatable bonds is 22. The summed E-state index contributed by atoms with van der Waals surface area (Å²) in [5.74, 6) is -1.43. The summed E-state index contributed by atoms with van der Waals surface area (Å²) < 4.78 is 0. The minimum absolute atomic E-state index is 0.0442. The molecule has 0 rings (SSSR count). The molecule has 0 bridgehead atoms. The fourth-order valence-corrected chi connectivity index (χ4v) is 4.29. The highest BCUT2D eigenvalue weighted by molar-refractivity contribution is 5.90. The van der Waals surface area contributed by atoms with Gasteiger partial charge in [0.2, 0.25) is 47.3 Å². The van der Waals surface area contributed by atoms with Crippen molar-refractivity contribution in [3.05, 3.63) is 0 Å². The second-order valence-electron chi connectivity index (χ2n) is 20.9. The largest absolute Gasteiger partial charge is 0.356 e. The first-order valence-electron chi connectivity index (χ1n) is 22.3. The summed E-state index contributed by atoms with van der Waals surface area (Å²) in [5.41, 5.74) is -1.67. The molecule has 0 aromatic heterocycles. The second-order valence-corrected chi connectivity index (χ2v) is 20.9. The summed E-state index contributed by atoms with van der Waals surface area (Å²) in [7, 11) is 0.